The summed E-state index contributed by atoms with van der Waals surface area (Å²) < 4.78 is 26.7. The van der Waals surface area contributed by atoms with E-state index in [1.165, 1.54) is 24.3 Å². The molecule has 2 N–H and O–H groups in total. The van der Waals surface area contributed by atoms with Gasteiger partial charge in [0.15, 0.2) is 0 Å². The highest BCUT2D eigenvalue weighted by Gasteiger charge is 2.15. The minimum absolute atomic E-state index is 0.000257. The maximum atomic E-state index is 13.4. The second kappa shape index (κ2) is 14.1. The van der Waals surface area contributed by atoms with Crippen LogP contribution in [0.15, 0.2) is 84.9 Å². The summed E-state index contributed by atoms with van der Waals surface area (Å²) in [5.74, 6) is -0.845. The highest BCUT2D eigenvalue weighted by atomic mass is 35.5. The Hall–Kier alpha value is -3.51. The third-order valence-electron chi connectivity index (χ3n) is 5.76. The van der Waals surface area contributed by atoms with Gasteiger partial charge in [0.2, 0.25) is 5.91 Å². The number of nitrogens with one attached hydrogen (secondary N) is 2. The first kappa shape index (κ1) is 27.1. The van der Waals surface area contributed by atoms with Crippen LogP contribution in [0.4, 0.5) is 8.78 Å². The van der Waals surface area contributed by atoms with Crippen molar-refractivity contribution in [2.45, 2.75) is 31.6 Å². The third kappa shape index (κ3) is 8.93. The Kier molecular flexibility index (Phi) is 10.6. The molecule has 0 aromatic heterocycles. The fourth-order valence-electron chi connectivity index (χ4n) is 3.83. The number of carbonyl (C=O) groups excluding carboxylic acids is 2. The van der Waals surface area contributed by atoms with Crippen LogP contribution in [0.3, 0.4) is 0 Å². The van der Waals surface area contributed by atoms with Gasteiger partial charge in [-0.3, -0.25) is 9.59 Å². The van der Waals surface area contributed by atoms with E-state index in [-0.39, 0.29) is 29.4 Å². The smallest absolute Gasteiger partial charge is 0.251 e. The molecular formula is C29H29ClF2N2O2. The summed E-state index contributed by atoms with van der Waals surface area (Å²) >= 11 is 5.82. The average Bonchev–Trinajstić information content (AvgIpc) is 2.88. The lowest BCUT2D eigenvalue weighted by Gasteiger charge is -2.18. The van der Waals surface area contributed by atoms with E-state index in [1.54, 1.807) is 60.7 Å². The van der Waals surface area contributed by atoms with Crippen molar-refractivity contribution in [1.82, 2.24) is 10.6 Å². The number of rotatable bonds is 12. The van der Waals surface area contributed by atoms with Gasteiger partial charge in [-0.2, -0.15) is 0 Å². The van der Waals surface area contributed by atoms with Gasteiger partial charge in [0.25, 0.3) is 5.91 Å². The standard InChI is InChI=1S/C29H29ClF2N2O2/c30-24-13-7-23(8-14-24)29(36)34-20-4-3-19-33-28(35)6-2-1-5-27(21-9-15-25(31)16-10-21)22-11-17-26(32)18-12-22/h3-4,7-18,27H,1-2,5-6,19-20H2,(H,33,35)(H,34,36)/b4-3+. The molecule has 0 aliphatic heterocycles. The molecular weight excluding hydrogens is 482 g/mol. The van der Waals surface area contributed by atoms with E-state index in [2.05, 4.69) is 10.6 Å². The third-order valence-corrected chi connectivity index (χ3v) is 6.01. The molecule has 0 saturated heterocycles. The Morgan fingerprint density at radius 3 is 1.83 bits per heavy atom. The zero-order chi connectivity index (χ0) is 25.8. The molecule has 0 radical (unpaired) electrons. The van der Waals surface area contributed by atoms with Crippen LogP contribution in [0.2, 0.25) is 5.02 Å². The predicted octanol–water partition coefficient (Wildman–Crippen LogP) is 6.41. The molecule has 0 aliphatic rings. The predicted molar refractivity (Wildman–Crippen MR) is 139 cm³/mol. The van der Waals surface area contributed by atoms with Crippen molar-refractivity contribution in [1.29, 1.82) is 0 Å². The van der Waals surface area contributed by atoms with Crippen molar-refractivity contribution in [3.8, 4) is 0 Å². The first-order chi connectivity index (χ1) is 17.4. The van der Waals surface area contributed by atoms with Gasteiger partial charge < -0.3 is 10.6 Å². The summed E-state index contributed by atoms with van der Waals surface area (Å²) in [5.41, 5.74) is 2.45. The van der Waals surface area contributed by atoms with E-state index in [1.807, 2.05) is 0 Å². The zero-order valence-corrected chi connectivity index (χ0v) is 20.6. The molecule has 7 heteroatoms. The topological polar surface area (TPSA) is 58.2 Å². The molecule has 3 aromatic carbocycles. The number of amides is 2. The summed E-state index contributed by atoms with van der Waals surface area (Å²) in [6.07, 6.45) is 6.21. The largest absolute Gasteiger partial charge is 0.353 e. The highest BCUT2D eigenvalue weighted by Crippen LogP contribution is 2.30. The molecule has 3 aromatic rings. The summed E-state index contributed by atoms with van der Waals surface area (Å²) in [6, 6.07) is 19.3. The number of unbranched alkanes of at least 4 members (excludes halogenated alkanes) is 1. The number of carbonyl (C=O) groups is 2. The Morgan fingerprint density at radius 1 is 0.750 bits per heavy atom. The van der Waals surface area contributed by atoms with E-state index in [9.17, 15) is 18.4 Å². The van der Waals surface area contributed by atoms with Crippen molar-refractivity contribution in [2.24, 2.45) is 0 Å². The second-order valence-corrected chi connectivity index (χ2v) is 8.83. The van der Waals surface area contributed by atoms with Crippen LogP contribution in [0.1, 0.15) is 53.1 Å². The van der Waals surface area contributed by atoms with E-state index in [0.717, 1.165) is 24.0 Å². The normalized spacial score (nSPS) is 11.1. The summed E-state index contributed by atoms with van der Waals surface area (Å²) in [7, 11) is 0. The van der Waals surface area contributed by atoms with Crippen LogP contribution in [0, 0.1) is 11.6 Å². The van der Waals surface area contributed by atoms with Gasteiger partial charge in [-0.25, -0.2) is 8.78 Å². The van der Waals surface area contributed by atoms with E-state index in [0.29, 0.717) is 36.5 Å². The van der Waals surface area contributed by atoms with Gasteiger partial charge in [0, 0.05) is 36.0 Å². The lowest BCUT2D eigenvalue weighted by Crippen LogP contribution is -2.24. The number of halogens is 3. The zero-order valence-electron chi connectivity index (χ0n) is 19.9. The van der Waals surface area contributed by atoms with Gasteiger partial charge in [-0.05, 0) is 72.5 Å². The molecule has 0 unspecified atom stereocenters. The minimum atomic E-state index is -0.300. The quantitative estimate of drug-likeness (QED) is 0.218. The second-order valence-electron chi connectivity index (χ2n) is 8.39. The molecule has 4 nitrogen and oxygen atoms in total. The molecule has 0 bridgehead atoms. The van der Waals surface area contributed by atoms with Crippen molar-refractivity contribution in [2.75, 3.05) is 13.1 Å². The summed E-state index contributed by atoms with van der Waals surface area (Å²) in [5, 5.41) is 6.18. The monoisotopic (exact) mass is 510 g/mol. The number of benzene rings is 3. The highest BCUT2D eigenvalue weighted by molar-refractivity contribution is 6.30. The van der Waals surface area contributed by atoms with Gasteiger partial charge in [0.1, 0.15) is 11.6 Å². The number of hydrogen-bond acceptors (Lipinski definition) is 2. The van der Waals surface area contributed by atoms with E-state index < -0.39 is 0 Å². The number of hydrogen-bond donors (Lipinski definition) is 2. The van der Waals surface area contributed by atoms with Crippen molar-refractivity contribution in [3.63, 3.8) is 0 Å². The lowest BCUT2D eigenvalue weighted by molar-refractivity contribution is -0.121. The Morgan fingerprint density at radius 2 is 1.28 bits per heavy atom. The van der Waals surface area contributed by atoms with Crippen LogP contribution < -0.4 is 10.6 Å². The molecule has 3 rings (SSSR count). The molecule has 188 valence electrons. The Labute approximate surface area is 215 Å². The fourth-order valence-corrected chi connectivity index (χ4v) is 3.96. The van der Waals surface area contributed by atoms with Gasteiger partial charge in [-0.15, -0.1) is 0 Å². The van der Waals surface area contributed by atoms with Gasteiger partial charge >= 0.3 is 0 Å². The van der Waals surface area contributed by atoms with Crippen molar-refractivity contribution >= 4 is 23.4 Å². The van der Waals surface area contributed by atoms with Gasteiger partial charge in [-0.1, -0.05) is 54.4 Å². The van der Waals surface area contributed by atoms with Gasteiger partial charge in [0.05, 0.1) is 0 Å². The molecule has 2 amide bonds. The van der Waals surface area contributed by atoms with Crippen LogP contribution >= 0.6 is 11.6 Å². The van der Waals surface area contributed by atoms with Crippen LogP contribution in [-0.4, -0.2) is 24.9 Å². The summed E-state index contributed by atoms with van der Waals surface area (Å²) in [4.78, 5) is 24.2. The summed E-state index contributed by atoms with van der Waals surface area (Å²) in [6.45, 7) is 0.731. The van der Waals surface area contributed by atoms with Crippen LogP contribution in [-0.2, 0) is 4.79 Å². The SMILES string of the molecule is O=C(CCCCC(c1ccc(F)cc1)c1ccc(F)cc1)NC/C=C/CNC(=O)c1ccc(Cl)cc1. The minimum Gasteiger partial charge on any atom is -0.353 e. The fraction of sp³-hybridized carbons (Fsp3) is 0.241. The molecule has 0 atom stereocenters. The Balaban J connectivity index is 1.36. The van der Waals surface area contributed by atoms with Crippen LogP contribution in [0.25, 0.3) is 0 Å². The first-order valence-electron chi connectivity index (χ1n) is 11.9. The maximum absolute atomic E-state index is 13.4. The molecule has 36 heavy (non-hydrogen) atoms. The van der Waals surface area contributed by atoms with Crippen molar-refractivity contribution < 1.29 is 18.4 Å². The van der Waals surface area contributed by atoms with E-state index >= 15 is 0 Å². The molecule has 0 spiro atoms. The lowest BCUT2D eigenvalue weighted by atomic mass is 9.87. The molecule has 0 aliphatic carbocycles. The molecule has 0 heterocycles. The Bertz CT molecular complexity index is 1100. The first-order valence-corrected chi connectivity index (χ1v) is 12.3. The van der Waals surface area contributed by atoms with Crippen LogP contribution in [0.5, 0.6) is 0 Å². The van der Waals surface area contributed by atoms with Crippen molar-refractivity contribution in [3.05, 3.63) is 118 Å². The average molecular weight is 511 g/mol. The molecule has 0 fully saturated rings. The van der Waals surface area contributed by atoms with E-state index in [4.69, 9.17) is 11.6 Å². The molecule has 0 saturated carbocycles. The maximum Gasteiger partial charge on any atom is 0.251 e.